The van der Waals surface area contributed by atoms with Crippen molar-refractivity contribution in [1.82, 2.24) is 70.3 Å². The summed E-state index contributed by atoms with van der Waals surface area (Å²) in [5, 5.41) is 27.7. The number of likely N-dealkylation sites (N-methyl/N-ethyl adjacent to an activating group) is 1. The highest BCUT2D eigenvalue weighted by Gasteiger charge is 2.35. The molecule has 0 spiro atoms. The van der Waals surface area contributed by atoms with E-state index in [1.54, 1.807) is 21.1 Å². The first kappa shape index (κ1) is 107. The molecule has 41 heteroatoms. The number of nitrogens with zero attached hydrogens (tertiary/aromatic N) is 15. The average molecular weight is 1690 g/mol. The van der Waals surface area contributed by atoms with E-state index >= 15 is 0 Å². The van der Waals surface area contributed by atoms with Crippen LogP contribution in [0.5, 0.6) is 0 Å². The Kier molecular flexibility index (Phi) is 48.5. The second-order valence-corrected chi connectivity index (χ2v) is 38.2. The lowest BCUT2D eigenvalue weighted by Gasteiger charge is -2.24. The van der Waals surface area contributed by atoms with Crippen molar-refractivity contribution in [2.45, 2.75) is 290 Å². The van der Waals surface area contributed by atoms with Crippen LogP contribution in [0.3, 0.4) is 0 Å². The summed E-state index contributed by atoms with van der Waals surface area (Å²) >= 11 is 0. The Morgan fingerprint density at radius 1 is 0.405 bits per heavy atom. The van der Waals surface area contributed by atoms with Gasteiger partial charge in [-0.15, -0.1) is 6.58 Å². The van der Waals surface area contributed by atoms with E-state index in [4.69, 9.17) is 14.3 Å². The molecule has 5 unspecified atom stereocenters. The van der Waals surface area contributed by atoms with Gasteiger partial charge in [0.2, 0.25) is 50.1 Å². The van der Waals surface area contributed by atoms with E-state index < -0.39 is 97.0 Å². The fraction of sp³-hybridized carbons (Fsp3) is 0.829. The number of rotatable bonds is 24. The standard InChI is InChI=1S/2C13H23N3O4S.C12H21N3O4S.C12H19N3O4S.C9H15N3O5S.C4H10.C2H6.5CH4/c2*1-3-4-9-15(2)21(18,19)10-11-7-5-6-8-12-14-20-13(17)16(11)12;1-9(2)14(3)20(17,18)8-10-6-4-5-7-11-13-19-12(16)15(10)11;1-3-8-14(2)20(17,18)9-10-6-4-5-7-11-13-19-12(16)15(10)11;1-11(14)18(15,16)6-7-4-2-3-5-8-10-17-9(13)12(7)8;1-4(2)3;1-2;;;;;/h2*11H,3-10H2,1-2H3;9-10H,4-8H2,1-3H3;3,10H,1,4-9H2,2H3;7,14H,2-6H2,1H3;4H,1-3H3;1-2H3;5*1H4. The van der Waals surface area contributed by atoms with E-state index in [9.17, 15) is 66.1 Å². The number of fused-ring (bicyclic) bond motifs is 5. The van der Waals surface area contributed by atoms with Crippen molar-refractivity contribution in [1.29, 1.82) is 0 Å². The predicted octanol–water partition coefficient (Wildman–Crippen LogP) is 9.28. The van der Waals surface area contributed by atoms with Crippen LogP contribution in [0, 0.1) is 5.92 Å². The van der Waals surface area contributed by atoms with Crippen molar-refractivity contribution in [2.75, 3.05) is 83.6 Å². The first-order valence-electron chi connectivity index (χ1n) is 36.7. The van der Waals surface area contributed by atoms with Crippen molar-refractivity contribution in [3.8, 4) is 0 Å². The van der Waals surface area contributed by atoms with E-state index in [-0.39, 0.29) is 95.0 Å². The SMILES string of the molecule is C.C.C.C.C.C=CCN(C)S(=O)(=O)CC1CCCCc2noc(=O)n21.CC.CC(C)C.CC(C)N(C)S(=O)(=O)CC1CCCCc2noc(=O)n21.CCCCN(C)S(=O)(=O)CC1CCCCc2noc(=O)n21.CCCCN(C)S(=O)(=O)CC1CCCCc2noc(=O)n21.CN(O)S(=O)(=O)CC1CCCCc2noc(=O)n21. The lowest BCUT2D eigenvalue weighted by atomic mass is 10.1. The zero-order valence-corrected chi connectivity index (χ0v) is 68.4. The van der Waals surface area contributed by atoms with Crippen LogP contribution < -0.4 is 28.8 Å². The van der Waals surface area contributed by atoms with Gasteiger partial charge in [-0.2, -0.15) is 0 Å². The van der Waals surface area contributed by atoms with E-state index in [2.05, 4.69) is 66.7 Å². The summed E-state index contributed by atoms with van der Waals surface area (Å²) in [5.74, 6) is -0.0416. The smallest absolute Gasteiger partial charge is 0.300 e. The molecule has 111 heavy (non-hydrogen) atoms. The van der Waals surface area contributed by atoms with Crippen LogP contribution in [0.2, 0.25) is 0 Å². The Bertz CT molecular complexity index is 4280. The highest BCUT2D eigenvalue weighted by molar-refractivity contribution is 7.90. The minimum absolute atomic E-state index is 0. The molecule has 0 aromatic carbocycles. The van der Waals surface area contributed by atoms with Gasteiger partial charge in [0.05, 0.1) is 59.0 Å². The molecule has 5 aliphatic heterocycles. The van der Waals surface area contributed by atoms with Crippen LogP contribution in [0.15, 0.2) is 59.2 Å². The molecule has 5 aliphatic rings. The third-order valence-electron chi connectivity index (χ3n) is 18.3. The van der Waals surface area contributed by atoms with E-state index in [0.29, 0.717) is 106 Å². The molecule has 0 saturated carbocycles. The Balaban J connectivity index is 0. The van der Waals surface area contributed by atoms with Crippen LogP contribution >= 0.6 is 0 Å². The fourth-order valence-electron chi connectivity index (χ4n) is 12.3. The van der Waals surface area contributed by atoms with Gasteiger partial charge < -0.3 is 0 Å². The highest BCUT2D eigenvalue weighted by atomic mass is 32.2. The molecule has 10 rings (SSSR count). The third kappa shape index (κ3) is 31.9. The summed E-state index contributed by atoms with van der Waals surface area (Å²) in [4.78, 5) is 58.6. The molecule has 0 saturated heterocycles. The predicted molar refractivity (Wildman–Crippen MR) is 432 cm³/mol. The molecule has 5 atom stereocenters. The Labute approximate surface area is 660 Å². The van der Waals surface area contributed by atoms with E-state index in [0.717, 1.165) is 103 Å². The minimum atomic E-state index is -3.79. The maximum atomic E-state index is 12.4. The van der Waals surface area contributed by atoms with Crippen LogP contribution in [0.25, 0.3) is 0 Å². The van der Waals surface area contributed by atoms with Gasteiger partial charge >= 0.3 is 28.8 Å². The largest absolute Gasteiger partial charge is 0.441 e. The van der Waals surface area contributed by atoms with Crippen LogP contribution in [0.4, 0.5) is 0 Å². The van der Waals surface area contributed by atoms with Crippen molar-refractivity contribution < 1.29 is 69.9 Å². The summed E-state index contributed by atoms with van der Waals surface area (Å²) in [6.07, 6.45) is 20.2. The molecule has 0 amide bonds. The quantitative estimate of drug-likeness (QED) is 0.0444. The van der Waals surface area contributed by atoms with Gasteiger partial charge in [0.1, 0.15) is 0 Å². The molecular weight excluding hydrogens is 1550 g/mol. The van der Waals surface area contributed by atoms with Gasteiger partial charge in [-0.25, -0.2) is 83.3 Å². The lowest BCUT2D eigenvalue weighted by molar-refractivity contribution is 0.0305. The topological polar surface area (TPSA) is 447 Å². The molecule has 0 aliphatic carbocycles. The van der Waals surface area contributed by atoms with E-state index in [1.165, 1.54) is 53.2 Å². The number of aromatic nitrogens is 10. The van der Waals surface area contributed by atoms with Gasteiger partial charge in [-0.1, -0.05) is 167 Å². The number of hydrogen-bond acceptors (Lipinski definition) is 26. The maximum absolute atomic E-state index is 12.4. The molecule has 10 heterocycles. The second-order valence-electron chi connectivity index (χ2n) is 27.8. The fourth-order valence-corrected chi connectivity index (χ4v) is 19.3. The lowest BCUT2D eigenvalue weighted by Crippen LogP contribution is -2.38. The number of unbranched alkanes of at least 4 members (excludes halogenated alkanes) is 2. The van der Waals surface area contributed by atoms with Crippen molar-refractivity contribution >= 4 is 50.1 Å². The highest BCUT2D eigenvalue weighted by Crippen LogP contribution is 2.29. The molecule has 0 radical (unpaired) electrons. The number of aryl methyl sites for hydroxylation is 5. The number of sulfonamides is 5. The summed E-state index contributed by atoms with van der Waals surface area (Å²) < 4.78 is 158. The molecule has 1 N–H and O–H groups in total. The molecule has 36 nitrogen and oxygen atoms in total. The van der Waals surface area contributed by atoms with Gasteiger partial charge in [0, 0.05) is 93.0 Å². The molecule has 0 fully saturated rings. The average Bonchev–Trinajstić information content (AvgIpc) is 1.41. The maximum Gasteiger partial charge on any atom is 0.441 e. The van der Waals surface area contributed by atoms with Crippen LogP contribution in [0.1, 0.15) is 281 Å². The summed E-state index contributed by atoms with van der Waals surface area (Å²) in [7, 11) is -10.1. The van der Waals surface area contributed by atoms with Gasteiger partial charge in [0.15, 0.2) is 29.1 Å². The Morgan fingerprint density at radius 2 is 0.622 bits per heavy atom. The van der Waals surface area contributed by atoms with Crippen LogP contribution in [-0.2, 0) is 82.2 Å². The summed E-state index contributed by atoms with van der Waals surface area (Å²) in [6, 6.07) is -2.21. The molecular formula is C70H137N15O21S5. The molecule has 5 aromatic heterocycles. The number of hydrogen-bond donors (Lipinski definition) is 1. The van der Waals surface area contributed by atoms with Gasteiger partial charge in [-0.3, -0.25) is 50.7 Å². The third-order valence-corrected chi connectivity index (χ3v) is 27.8. The zero-order valence-electron chi connectivity index (χ0n) is 64.3. The van der Waals surface area contributed by atoms with Crippen LogP contribution in [-0.4, -0.2) is 207 Å². The Hall–Kier alpha value is -6.05. The first-order valence-corrected chi connectivity index (χ1v) is 44.8. The monoisotopic (exact) mass is 1680 g/mol. The summed E-state index contributed by atoms with van der Waals surface area (Å²) in [5.41, 5.74) is 0. The van der Waals surface area contributed by atoms with Crippen molar-refractivity contribution in [2.24, 2.45) is 5.92 Å². The normalized spacial score (nSPS) is 18.3. The molecule has 0 bridgehead atoms. The summed E-state index contributed by atoms with van der Waals surface area (Å²) in [6.45, 7) is 23.0. The minimum Gasteiger partial charge on any atom is -0.300 e. The Morgan fingerprint density at radius 3 is 0.829 bits per heavy atom. The van der Waals surface area contributed by atoms with Crippen molar-refractivity contribution in [3.05, 3.63) is 94.5 Å². The first-order chi connectivity index (χ1) is 49.8. The van der Waals surface area contributed by atoms with E-state index in [1.807, 2.05) is 41.5 Å². The van der Waals surface area contributed by atoms with Gasteiger partial charge in [-0.05, 0) is 96.8 Å². The molecule has 648 valence electrons. The number of hydroxylamine groups is 1. The zero-order chi connectivity index (χ0) is 79.5. The second kappa shape index (κ2) is 50.3. The van der Waals surface area contributed by atoms with Gasteiger partial charge in [0.25, 0.3) is 0 Å². The van der Waals surface area contributed by atoms with Crippen molar-refractivity contribution in [3.63, 3.8) is 0 Å². The molecule has 5 aromatic rings.